The highest BCUT2D eigenvalue weighted by Gasteiger charge is 2.26. The first-order valence-corrected chi connectivity index (χ1v) is 7.69. The lowest BCUT2D eigenvalue weighted by atomic mass is 9.78. The number of hydrogen-bond donors (Lipinski definition) is 1. The maximum Gasteiger partial charge on any atom is 0.0925 e. The van der Waals surface area contributed by atoms with Crippen LogP contribution in [0.25, 0.3) is 0 Å². The van der Waals surface area contributed by atoms with Crippen LogP contribution in [-0.2, 0) is 13.0 Å². The number of aryl methyl sites for hydroxylation is 1. The summed E-state index contributed by atoms with van der Waals surface area (Å²) < 4.78 is 0. The molecule has 1 N–H and O–H groups in total. The van der Waals surface area contributed by atoms with E-state index in [0.29, 0.717) is 6.04 Å². The molecule has 0 aromatic carbocycles. The van der Waals surface area contributed by atoms with E-state index in [4.69, 9.17) is 0 Å². The Balaban J connectivity index is 1.84. The number of hydrogen-bond acceptors (Lipinski definition) is 3. The normalized spacial score (nSPS) is 29.5. The van der Waals surface area contributed by atoms with Crippen LogP contribution in [0, 0.1) is 11.8 Å². The molecule has 0 amide bonds. The van der Waals surface area contributed by atoms with Crippen molar-refractivity contribution >= 4 is 11.3 Å². The van der Waals surface area contributed by atoms with E-state index in [-0.39, 0.29) is 0 Å². The summed E-state index contributed by atoms with van der Waals surface area (Å²) in [5, 5.41) is 4.98. The van der Waals surface area contributed by atoms with E-state index in [1.807, 2.05) is 17.5 Å². The first kappa shape index (κ1) is 13.0. The molecule has 1 aliphatic carbocycles. The van der Waals surface area contributed by atoms with E-state index < -0.39 is 0 Å². The Morgan fingerprint density at radius 3 is 2.94 bits per heavy atom. The summed E-state index contributed by atoms with van der Waals surface area (Å²) in [7, 11) is 0. The molecule has 17 heavy (non-hydrogen) atoms. The van der Waals surface area contributed by atoms with Crippen LogP contribution in [0.15, 0.2) is 6.20 Å². The molecule has 3 heteroatoms. The minimum Gasteiger partial charge on any atom is -0.309 e. The molecule has 0 bridgehead atoms. The van der Waals surface area contributed by atoms with E-state index in [2.05, 4.69) is 31.1 Å². The molecule has 0 spiro atoms. The molecular formula is C14H24N2S. The van der Waals surface area contributed by atoms with Crippen molar-refractivity contribution < 1.29 is 0 Å². The molecule has 2 rings (SSSR count). The van der Waals surface area contributed by atoms with Gasteiger partial charge in [0.05, 0.1) is 5.01 Å². The van der Waals surface area contributed by atoms with Crippen molar-refractivity contribution in [2.45, 2.75) is 59.0 Å². The lowest BCUT2D eigenvalue weighted by molar-refractivity contribution is 0.206. The molecule has 1 aromatic heterocycles. The largest absolute Gasteiger partial charge is 0.309 e. The van der Waals surface area contributed by atoms with E-state index in [1.165, 1.54) is 29.1 Å². The third-order valence-electron chi connectivity index (χ3n) is 4.15. The zero-order valence-electron chi connectivity index (χ0n) is 11.2. The zero-order chi connectivity index (χ0) is 12.3. The van der Waals surface area contributed by atoms with Crippen LogP contribution in [-0.4, -0.2) is 11.0 Å². The number of rotatable bonds is 4. The van der Waals surface area contributed by atoms with E-state index >= 15 is 0 Å². The highest BCUT2D eigenvalue weighted by atomic mass is 32.1. The number of nitrogens with one attached hydrogen (secondary N) is 1. The third kappa shape index (κ3) is 3.29. The Morgan fingerprint density at radius 1 is 1.41 bits per heavy atom. The fourth-order valence-electron chi connectivity index (χ4n) is 2.69. The fourth-order valence-corrected chi connectivity index (χ4v) is 3.51. The second kappa shape index (κ2) is 5.96. The van der Waals surface area contributed by atoms with Gasteiger partial charge in [-0.2, -0.15) is 0 Å². The van der Waals surface area contributed by atoms with Crippen LogP contribution in [0.5, 0.6) is 0 Å². The minimum absolute atomic E-state index is 0.700. The standard InChI is InChI=1S/C14H24N2S/c1-4-14-16-9-12(17-14)8-15-13-7-5-6-10(2)11(13)3/h9-11,13,15H,4-8H2,1-3H3. The van der Waals surface area contributed by atoms with Gasteiger partial charge >= 0.3 is 0 Å². The lowest BCUT2D eigenvalue weighted by Crippen LogP contribution is -2.40. The number of thiazole rings is 1. The second-order valence-electron chi connectivity index (χ2n) is 5.33. The molecule has 1 heterocycles. The summed E-state index contributed by atoms with van der Waals surface area (Å²) in [4.78, 5) is 5.79. The van der Waals surface area contributed by atoms with Gasteiger partial charge in [0.1, 0.15) is 0 Å². The van der Waals surface area contributed by atoms with Gasteiger partial charge in [0.15, 0.2) is 0 Å². The van der Waals surface area contributed by atoms with Crippen molar-refractivity contribution in [3.05, 3.63) is 16.1 Å². The van der Waals surface area contributed by atoms with Gasteiger partial charge in [-0.3, -0.25) is 0 Å². The quantitative estimate of drug-likeness (QED) is 0.885. The average Bonchev–Trinajstić information content (AvgIpc) is 2.79. The van der Waals surface area contributed by atoms with Crippen molar-refractivity contribution in [2.75, 3.05) is 0 Å². The molecule has 2 nitrogen and oxygen atoms in total. The Labute approximate surface area is 109 Å². The van der Waals surface area contributed by atoms with Crippen LogP contribution in [0.3, 0.4) is 0 Å². The molecule has 1 fully saturated rings. The van der Waals surface area contributed by atoms with Gasteiger partial charge in [0, 0.05) is 23.7 Å². The van der Waals surface area contributed by atoms with Gasteiger partial charge in [-0.15, -0.1) is 11.3 Å². The maximum absolute atomic E-state index is 4.41. The van der Waals surface area contributed by atoms with E-state index in [0.717, 1.165) is 24.8 Å². The average molecular weight is 252 g/mol. The zero-order valence-corrected chi connectivity index (χ0v) is 12.0. The predicted molar refractivity (Wildman–Crippen MR) is 74.3 cm³/mol. The van der Waals surface area contributed by atoms with Crippen molar-refractivity contribution in [3.8, 4) is 0 Å². The smallest absolute Gasteiger partial charge is 0.0925 e. The number of nitrogens with zero attached hydrogens (tertiary/aromatic N) is 1. The molecule has 96 valence electrons. The van der Waals surface area contributed by atoms with Gasteiger partial charge < -0.3 is 5.32 Å². The Hall–Kier alpha value is -0.410. The van der Waals surface area contributed by atoms with Gasteiger partial charge in [0.2, 0.25) is 0 Å². The highest BCUT2D eigenvalue weighted by molar-refractivity contribution is 7.11. The van der Waals surface area contributed by atoms with Crippen LogP contribution < -0.4 is 5.32 Å². The van der Waals surface area contributed by atoms with Gasteiger partial charge in [0.25, 0.3) is 0 Å². The molecular weight excluding hydrogens is 228 g/mol. The summed E-state index contributed by atoms with van der Waals surface area (Å²) >= 11 is 1.85. The molecule has 1 aromatic rings. The summed E-state index contributed by atoms with van der Waals surface area (Å²) in [6.07, 6.45) is 7.21. The Kier molecular flexibility index (Phi) is 4.57. The Morgan fingerprint density at radius 2 is 2.24 bits per heavy atom. The molecule has 0 aliphatic heterocycles. The van der Waals surface area contributed by atoms with Crippen LogP contribution in [0.4, 0.5) is 0 Å². The first-order valence-electron chi connectivity index (χ1n) is 6.87. The highest BCUT2D eigenvalue weighted by Crippen LogP contribution is 2.29. The summed E-state index contributed by atoms with van der Waals surface area (Å²) in [6, 6.07) is 0.700. The molecule has 0 saturated heterocycles. The maximum atomic E-state index is 4.41. The first-order chi connectivity index (χ1) is 8.20. The summed E-state index contributed by atoms with van der Waals surface area (Å²) in [5.41, 5.74) is 0. The van der Waals surface area contributed by atoms with Crippen LogP contribution in [0.2, 0.25) is 0 Å². The van der Waals surface area contributed by atoms with E-state index in [1.54, 1.807) is 0 Å². The van der Waals surface area contributed by atoms with Crippen molar-refractivity contribution in [1.82, 2.24) is 10.3 Å². The molecule has 0 radical (unpaired) electrons. The van der Waals surface area contributed by atoms with Crippen LogP contribution >= 0.6 is 11.3 Å². The minimum atomic E-state index is 0.700. The Bertz CT molecular complexity index is 348. The SMILES string of the molecule is CCc1ncc(CNC2CCCC(C)C2C)s1. The molecule has 3 atom stereocenters. The lowest BCUT2D eigenvalue weighted by Gasteiger charge is -2.34. The number of aromatic nitrogens is 1. The van der Waals surface area contributed by atoms with Crippen molar-refractivity contribution in [3.63, 3.8) is 0 Å². The predicted octanol–water partition coefficient (Wildman–Crippen LogP) is 3.62. The fraction of sp³-hybridized carbons (Fsp3) is 0.786. The van der Waals surface area contributed by atoms with Gasteiger partial charge in [-0.1, -0.05) is 33.6 Å². The van der Waals surface area contributed by atoms with Crippen molar-refractivity contribution in [1.29, 1.82) is 0 Å². The second-order valence-corrected chi connectivity index (χ2v) is 6.53. The molecule has 1 aliphatic rings. The molecule has 1 saturated carbocycles. The topological polar surface area (TPSA) is 24.9 Å². The monoisotopic (exact) mass is 252 g/mol. The third-order valence-corrected chi connectivity index (χ3v) is 5.29. The van der Waals surface area contributed by atoms with E-state index in [9.17, 15) is 0 Å². The molecule has 3 unspecified atom stereocenters. The van der Waals surface area contributed by atoms with Crippen molar-refractivity contribution in [2.24, 2.45) is 11.8 Å². The van der Waals surface area contributed by atoms with Gasteiger partial charge in [-0.25, -0.2) is 4.98 Å². The van der Waals surface area contributed by atoms with Gasteiger partial charge in [-0.05, 0) is 24.7 Å². The summed E-state index contributed by atoms with van der Waals surface area (Å²) in [5.74, 6) is 1.68. The summed E-state index contributed by atoms with van der Waals surface area (Å²) in [6.45, 7) is 7.95. The van der Waals surface area contributed by atoms with Crippen LogP contribution in [0.1, 0.15) is 49.9 Å².